The van der Waals surface area contributed by atoms with E-state index in [2.05, 4.69) is 47.4 Å². The van der Waals surface area contributed by atoms with Crippen LogP contribution in [0.1, 0.15) is 50.1 Å². The molecule has 0 N–H and O–H groups in total. The molecule has 3 heterocycles. The van der Waals surface area contributed by atoms with Gasteiger partial charge in [-0.2, -0.15) is 0 Å². The predicted molar refractivity (Wildman–Crippen MR) is 128 cm³/mol. The first kappa shape index (κ1) is 19.8. The summed E-state index contributed by atoms with van der Waals surface area (Å²) in [5.74, 6) is 1.17. The molecule has 32 heavy (non-hydrogen) atoms. The lowest BCUT2D eigenvalue weighted by molar-refractivity contribution is -0.139. The third-order valence-corrected chi connectivity index (χ3v) is 7.92. The number of hydrogen-bond acceptors (Lipinski definition) is 2. The lowest BCUT2D eigenvalue weighted by Crippen LogP contribution is -2.51. The molecule has 2 aromatic carbocycles. The Bertz CT molecular complexity index is 1240. The van der Waals surface area contributed by atoms with Gasteiger partial charge in [0.1, 0.15) is 0 Å². The van der Waals surface area contributed by atoms with Crippen LogP contribution in [0, 0.1) is 11.8 Å². The fourth-order valence-electron chi connectivity index (χ4n) is 6.40. The van der Waals surface area contributed by atoms with Gasteiger partial charge in [0.2, 0.25) is 5.91 Å². The zero-order valence-electron chi connectivity index (χ0n) is 18.5. The molecule has 1 aromatic heterocycles. The Labute approximate surface area is 188 Å². The van der Waals surface area contributed by atoms with Gasteiger partial charge in [0.15, 0.2) is 0 Å². The SMILES string of the molecule is O=C(C1CCCCC1)N1C[C@@H]2C[C@@H](C1)c1c(-c3ccc4ccccc4c3)ccc(=O)n1C2. The summed E-state index contributed by atoms with van der Waals surface area (Å²) in [7, 11) is 0. The lowest BCUT2D eigenvalue weighted by atomic mass is 9.79. The van der Waals surface area contributed by atoms with E-state index in [4.69, 9.17) is 0 Å². The molecule has 0 spiro atoms. The van der Waals surface area contributed by atoms with Crippen molar-refractivity contribution < 1.29 is 4.79 Å². The molecule has 1 saturated heterocycles. The molecule has 1 saturated carbocycles. The molecule has 3 aromatic rings. The zero-order chi connectivity index (χ0) is 21.7. The van der Waals surface area contributed by atoms with Crippen molar-refractivity contribution >= 4 is 16.7 Å². The Morgan fingerprint density at radius 1 is 0.844 bits per heavy atom. The molecular weight excluding hydrogens is 396 g/mol. The number of pyridine rings is 1. The van der Waals surface area contributed by atoms with Gasteiger partial charge in [0.05, 0.1) is 0 Å². The number of hydrogen-bond donors (Lipinski definition) is 0. The number of rotatable bonds is 2. The number of carbonyl (C=O) groups is 1. The van der Waals surface area contributed by atoms with E-state index in [-0.39, 0.29) is 17.4 Å². The van der Waals surface area contributed by atoms with Gasteiger partial charge in [-0.3, -0.25) is 9.59 Å². The van der Waals surface area contributed by atoms with Crippen molar-refractivity contribution in [1.82, 2.24) is 9.47 Å². The molecule has 3 aliphatic rings. The second kappa shape index (κ2) is 7.91. The first-order valence-electron chi connectivity index (χ1n) is 12.2. The molecule has 2 fully saturated rings. The molecule has 4 heteroatoms. The van der Waals surface area contributed by atoms with Crippen LogP contribution in [0.25, 0.3) is 21.9 Å². The monoisotopic (exact) mass is 426 g/mol. The third-order valence-electron chi connectivity index (χ3n) is 7.92. The highest BCUT2D eigenvalue weighted by atomic mass is 16.2. The van der Waals surface area contributed by atoms with Gasteiger partial charge in [0, 0.05) is 48.8 Å². The minimum atomic E-state index is 0.0892. The number of likely N-dealkylation sites (tertiary alicyclic amines) is 1. The first-order valence-corrected chi connectivity index (χ1v) is 12.2. The van der Waals surface area contributed by atoms with Crippen molar-refractivity contribution in [3.05, 3.63) is 70.6 Å². The molecule has 0 unspecified atom stereocenters. The minimum Gasteiger partial charge on any atom is -0.341 e. The highest BCUT2D eigenvalue weighted by Gasteiger charge is 2.39. The van der Waals surface area contributed by atoms with Gasteiger partial charge in [-0.25, -0.2) is 0 Å². The van der Waals surface area contributed by atoms with Crippen molar-refractivity contribution in [2.45, 2.75) is 51.0 Å². The molecule has 0 radical (unpaired) electrons. The summed E-state index contributed by atoms with van der Waals surface area (Å²) in [6.07, 6.45) is 6.79. The number of aromatic nitrogens is 1. The van der Waals surface area contributed by atoms with Crippen molar-refractivity contribution in [1.29, 1.82) is 0 Å². The van der Waals surface area contributed by atoms with E-state index >= 15 is 0 Å². The average Bonchev–Trinajstić information content (AvgIpc) is 2.84. The predicted octanol–water partition coefficient (Wildman–Crippen LogP) is 5.19. The molecule has 2 atom stereocenters. The van der Waals surface area contributed by atoms with Crippen LogP contribution in [0.4, 0.5) is 0 Å². The number of piperidine rings is 1. The van der Waals surface area contributed by atoms with Crippen LogP contribution in [-0.2, 0) is 11.3 Å². The molecule has 1 amide bonds. The van der Waals surface area contributed by atoms with Gasteiger partial charge in [-0.15, -0.1) is 0 Å². The van der Waals surface area contributed by atoms with Crippen LogP contribution in [0.15, 0.2) is 59.4 Å². The quantitative estimate of drug-likeness (QED) is 0.566. The number of amides is 1. The molecule has 2 bridgehead atoms. The summed E-state index contributed by atoms with van der Waals surface area (Å²) in [4.78, 5) is 28.3. The highest BCUT2D eigenvalue weighted by Crippen LogP contribution is 2.41. The summed E-state index contributed by atoms with van der Waals surface area (Å²) in [6, 6.07) is 18.7. The maximum atomic E-state index is 13.3. The van der Waals surface area contributed by atoms with E-state index in [1.807, 2.05) is 10.6 Å². The minimum absolute atomic E-state index is 0.0892. The van der Waals surface area contributed by atoms with E-state index < -0.39 is 0 Å². The first-order chi connectivity index (χ1) is 15.7. The second-order valence-electron chi connectivity index (χ2n) is 10.0. The Hall–Kier alpha value is -2.88. The van der Waals surface area contributed by atoms with Crippen LogP contribution < -0.4 is 5.56 Å². The fourth-order valence-corrected chi connectivity index (χ4v) is 6.40. The highest BCUT2D eigenvalue weighted by molar-refractivity contribution is 5.87. The maximum absolute atomic E-state index is 13.3. The summed E-state index contributed by atoms with van der Waals surface area (Å²) in [6.45, 7) is 2.27. The summed E-state index contributed by atoms with van der Waals surface area (Å²) in [5.41, 5.74) is 3.52. The molecule has 6 rings (SSSR count). The largest absolute Gasteiger partial charge is 0.341 e. The Balaban J connectivity index is 1.38. The normalized spacial score (nSPS) is 23.2. The van der Waals surface area contributed by atoms with E-state index in [1.165, 1.54) is 30.0 Å². The Morgan fingerprint density at radius 3 is 2.50 bits per heavy atom. The van der Waals surface area contributed by atoms with Crippen molar-refractivity contribution in [2.75, 3.05) is 13.1 Å². The van der Waals surface area contributed by atoms with Gasteiger partial charge < -0.3 is 9.47 Å². The van der Waals surface area contributed by atoms with Crippen LogP contribution in [-0.4, -0.2) is 28.5 Å². The van der Waals surface area contributed by atoms with Gasteiger partial charge >= 0.3 is 0 Å². The van der Waals surface area contributed by atoms with Crippen LogP contribution in [0.2, 0.25) is 0 Å². The van der Waals surface area contributed by atoms with Crippen molar-refractivity contribution in [3.63, 3.8) is 0 Å². The molecule has 2 aliphatic heterocycles. The number of carbonyl (C=O) groups excluding carboxylic acids is 1. The van der Waals surface area contributed by atoms with Crippen molar-refractivity contribution in [2.24, 2.45) is 11.8 Å². The summed E-state index contributed by atoms with van der Waals surface area (Å²) >= 11 is 0. The van der Waals surface area contributed by atoms with Crippen LogP contribution in [0.3, 0.4) is 0 Å². The van der Waals surface area contributed by atoms with E-state index in [0.717, 1.165) is 55.7 Å². The fraction of sp³-hybridized carbons (Fsp3) is 0.429. The number of benzene rings is 2. The molecule has 164 valence electrons. The smallest absolute Gasteiger partial charge is 0.250 e. The standard InChI is InChI=1S/C28H30N2O2/c31-26-13-12-25(23-11-10-20-6-4-5-9-22(20)15-23)27-24-14-19(17-30(26)27)16-29(18-24)28(32)21-7-2-1-3-8-21/h4-6,9-13,15,19,21,24H,1-3,7-8,14,16-18H2/t19-,24-/m0/s1. The van der Waals surface area contributed by atoms with E-state index in [9.17, 15) is 9.59 Å². The topological polar surface area (TPSA) is 42.3 Å². The average molecular weight is 427 g/mol. The molecule has 4 nitrogen and oxygen atoms in total. The number of fused-ring (bicyclic) bond motifs is 5. The van der Waals surface area contributed by atoms with E-state index in [0.29, 0.717) is 11.8 Å². The zero-order valence-corrected chi connectivity index (χ0v) is 18.5. The summed E-state index contributed by atoms with van der Waals surface area (Å²) < 4.78 is 2.01. The Morgan fingerprint density at radius 2 is 1.66 bits per heavy atom. The van der Waals surface area contributed by atoms with Gasteiger partial charge in [-0.05, 0) is 53.6 Å². The number of nitrogens with zero attached hydrogens (tertiary/aromatic N) is 2. The van der Waals surface area contributed by atoms with Gasteiger partial charge in [0.25, 0.3) is 5.56 Å². The summed E-state index contributed by atoms with van der Waals surface area (Å²) in [5, 5.41) is 2.43. The molecule has 1 aliphatic carbocycles. The van der Waals surface area contributed by atoms with Gasteiger partial charge in [-0.1, -0.05) is 55.7 Å². The van der Waals surface area contributed by atoms with Crippen LogP contribution in [0.5, 0.6) is 0 Å². The second-order valence-corrected chi connectivity index (χ2v) is 10.0. The Kier molecular flexibility index (Phi) is 4.89. The third kappa shape index (κ3) is 3.37. The maximum Gasteiger partial charge on any atom is 0.250 e. The lowest BCUT2D eigenvalue weighted by Gasteiger charge is -2.44. The van der Waals surface area contributed by atoms with Crippen LogP contribution >= 0.6 is 0 Å². The van der Waals surface area contributed by atoms with Crippen molar-refractivity contribution in [3.8, 4) is 11.1 Å². The van der Waals surface area contributed by atoms with E-state index in [1.54, 1.807) is 6.07 Å². The molecular formula is C28H30N2O2.